The number of aliphatic hydroxyl groups is 1. The fourth-order valence-corrected chi connectivity index (χ4v) is 2.47. The van der Waals surface area contributed by atoms with Crippen molar-refractivity contribution in [1.82, 2.24) is 4.98 Å². The number of hydrogen-bond donors (Lipinski definition) is 1. The number of rotatable bonds is 5. The van der Waals surface area contributed by atoms with E-state index in [1.165, 1.54) is 0 Å². The molecule has 0 aliphatic rings. The van der Waals surface area contributed by atoms with Gasteiger partial charge in [0, 0.05) is 17.9 Å². The zero-order chi connectivity index (χ0) is 13.8. The molecule has 0 aliphatic carbocycles. The van der Waals surface area contributed by atoms with Crippen LogP contribution in [-0.2, 0) is 6.42 Å². The van der Waals surface area contributed by atoms with Crippen LogP contribution in [0, 0.1) is 6.92 Å². The van der Waals surface area contributed by atoms with Gasteiger partial charge in [-0.15, -0.1) is 11.3 Å². The molecule has 2 rings (SSSR count). The lowest BCUT2D eigenvalue weighted by molar-refractivity contribution is 0.176. The van der Waals surface area contributed by atoms with Crippen molar-refractivity contribution in [2.45, 2.75) is 19.4 Å². The van der Waals surface area contributed by atoms with Crippen LogP contribution in [-0.4, -0.2) is 24.3 Å². The normalized spacial score (nSPS) is 12.2. The molecule has 19 heavy (non-hydrogen) atoms. The monoisotopic (exact) mass is 279 g/mol. The highest BCUT2D eigenvalue weighted by molar-refractivity contribution is 7.09. The van der Waals surface area contributed by atoms with Crippen molar-refractivity contribution in [1.29, 1.82) is 0 Å². The predicted octanol–water partition coefficient (Wildman–Crippen LogP) is 2.74. The number of aromatic nitrogens is 1. The number of thiazole rings is 1. The van der Waals surface area contributed by atoms with Gasteiger partial charge in [-0.1, -0.05) is 0 Å². The smallest absolute Gasteiger partial charge is 0.122 e. The molecule has 102 valence electrons. The third kappa shape index (κ3) is 3.45. The first-order valence-electron chi connectivity index (χ1n) is 5.94. The topological polar surface area (TPSA) is 51.6 Å². The first-order valence-corrected chi connectivity index (χ1v) is 6.82. The van der Waals surface area contributed by atoms with Gasteiger partial charge >= 0.3 is 0 Å². The Bertz CT molecular complexity index is 531. The summed E-state index contributed by atoms with van der Waals surface area (Å²) >= 11 is 1.59. The van der Waals surface area contributed by atoms with Crippen molar-refractivity contribution >= 4 is 11.3 Å². The lowest BCUT2D eigenvalue weighted by Gasteiger charge is -2.13. The Kier molecular flexibility index (Phi) is 4.39. The minimum atomic E-state index is -0.620. The van der Waals surface area contributed by atoms with Gasteiger partial charge in [-0.25, -0.2) is 4.98 Å². The molecule has 0 spiro atoms. The average Bonchev–Trinajstić information content (AvgIpc) is 2.83. The van der Waals surface area contributed by atoms with Crippen molar-refractivity contribution in [2.24, 2.45) is 0 Å². The standard InChI is InChI=1S/C14H17NO3S/c1-9-15-11(8-19-9)6-14(16)10-4-12(17-2)7-13(5-10)18-3/h4-5,7-8,14,16H,6H2,1-3H3. The molecular formula is C14H17NO3S. The quantitative estimate of drug-likeness (QED) is 0.914. The molecule has 1 heterocycles. The van der Waals surface area contributed by atoms with Crippen molar-refractivity contribution in [3.8, 4) is 11.5 Å². The SMILES string of the molecule is COc1cc(OC)cc(C(O)Cc2csc(C)n2)c1. The maximum atomic E-state index is 10.3. The Balaban J connectivity index is 2.20. The highest BCUT2D eigenvalue weighted by Crippen LogP contribution is 2.28. The lowest BCUT2D eigenvalue weighted by Crippen LogP contribution is -2.03. The second kappa shape index (κ2) is 6.04. The first-order chi connectivity index (χ1) is 9.12. The summed E-state index contributed by atoms with van der Waals surface area (Å²) in [6, 6.07) is 5.40. The summed E-state index contributed by atoms with van der Waals surface area (Å²) in [6.07, 6.45) is -0.133. The molecule has 0 saturated carbocycles. The van der Waals surface area contributed by atoms with Gasteiger partial charge in [0.25, 0.3) is 0 Å². The van der Waals surface area contributed by atoms with Gasteiger partial charge in [-0.2, -0.15) is 0 Å². The van der Waals surface area contributed by atoms with E-state index in [0.717, 1.165) is 16.3 Å². The molecule has 1 atom stereocenters. The zero-order valence-corrected chi connectivity index (χ0v) is 12.0. The van der Waals surface area contributed by atoms with Crippen LogP contribution in [0.3, 0.4) is 0 Å². The Labute approximate surface area is 116 Å². The summed E-state index contributed by atoms with van der Waals surface area (Å²) in [5.41, 5.74) is 1.67. The van der Waals surface area contributed by atoms with Crippen LogP contribution in [0.4, 0.5) is 0 Å². The van der Waals surface area contributed by atoms with Crippen molar-refractivity contribution in [3.05, 3.63) is 39.8 Å². The highest BCUT2D eigenvalue weighted by Gasteiger charge is 2.13. The predicted molar refractivity (Wildman–Crippen MR) is 75.1 cm³/mol. The van der Waals surface area contributed by atoms with E-state index in [4.69, 9.17) is 9.47 Å². The van der Waals surface area contributed by atoms with Crippen LogP contribution in [0.15, 0.2) is 23.6 Å². The van der Waals surface area contributed by atoms with Gasteiger partial charge in [0.2, 0.25) is 0 Å². The van der Waals surface area contributed by atoms with Crippen molar-refractivity contribution in [3.63, 3.8) is 0 Å². The highest BCUT2D eigenvalue weighted by atomic mass is 32.1. The minimum Gasteiger partial charge on any atom is -0.497 e. The summed E-state index contributed by atoms with van der Waals surface area (Å²) in [6.45, 7) is 1.95. The number of benzene rings is 1. The molecule has 1 unspecified atom stereocenters. The van der Waals surface area contributed by atoms with E-state index >= 15 is 0 Å². The molecular weight excluding hydrogens is 262 g/mol. The van der Waals surface area contributed by atoms with E-state index in [1.54, 1.807) is 31.6 Å². The van der Waals surface area contributed by atoms with Crippen LogP contribution in [0.1, 0.15) is 22.4 Å². The van der Waals surface area contributed by atoms with Gasteiger partial charge < -0.3 is 14.6 Å². The van der Waals surface area contributed by atoms with Crippen LogP contribution >= 0.6 is 11.3 Å². The molecule has 1 aromatic heterocycles. The number of nitrogens with zero attached hydrogens (tertiary/aromatic N) is 1. The molecule has 0 radical (unpaired) electrons. The van der Waals surface area contributed by atoms with E-state index < -0.39 is 6.10 Å². The maximum Gasteiger partial charge on any atom is 0.122 e. The Hall–Kier alpha value is -1.59. The molecule has 0 bridgehead atoms. The van der Waals surface area contributed by atoms with Gasteiger partial charge in [0.1, 0.15) is 11.5 Å². The fraction of sp³-hybridized carbons (Fsp3) is 0.357. The molecule has 2 aromatic rings. The molecule has 1 N–H and O–H groups in total. The van der Waals surface area contributed by atoms with Gasteiger partial charge in [0.15, 0.2) is 0 Å². The van der Waals surface area contributed by atoms with Crippen molar-refractivity contribution in [2.75, 3.05) is 14.2 Å². The minimum absolute atomic E-state index is 0.487. The Morgan fingerprint density at radius 3 is 2.32 bits per heavy atom. The maximum absolute atomic E-state index is 10.3. The Morgan fingerprint density at radius 1 is 1.21 bits per heavy atom. The van der Waals surface area contributed by atoms with Crippen molar-refractivity contribution < 1.29 is 14.6 Å². The molecule has 5 heteroatoms. The van der Waals surface area contributed by atoms with E-state index in [2.05, 4.69) is 4.98 Å². The number of aliphatic hydroxyl groups excluding tert-OH is 1. The number of aryl methyl sites for hydroxylation is 1. The summed E-state index contributed by atoms with van der Waals surface area (Å²) in [5, 5.41) is 13.2. The van der Waals surface area contributed by atoms with E-state index in [1.807, 2.05) is 24.4 Å². The van der Waals surface area contributed by atoms with Crippen LogP contribution < -0.4 is 9.47 Å². The van der Waals surface area contributed by atoms with Crippen LogP contribution in [0.25, 0.3) is 0 Å². The zero-order valence-electron chi connectivity index (χ0n) is 11.2. The van der Waals surface area contributed by atoms with Crippen LogP contribution in [0.2, 0.25) is 0 Å². The summed E-state index contributed by atoms with van der Waals surface area (Å²) in [5.74, 6) is 1.34. The lowest BCUT2D eigenvalue weighted by atomic mass is 10.0. The molecule has 0 aliphatic heterocycles. The largest absolute Gasteiger partial charge is 0.497 e. The number of methoxy groups -OCH3 is 2. The van der Waals surface area contributed by atoms with E-state index in [0.29, 0.717) is 17.9 Å². The fourth-order valence-electron chi connectivity index (χ4n) is 1.84. The summed E-state index contributed by atoms with van der Waals surface area (Å²) in [7, 11) is 3.18. The van der Waals surface area contributed by atoms with E-state index in [9.17, 15) is 5.11 Å². The number of ether oxygens (including phenoxy) is 2. The average molecular weight is 279 g/mol. The number of hydrogen-bond acceptors (Lipinski definition) is 5. The second-order valence-electron chi connectivity index (χ2n) is 4.22. The van der Waals surface area contributed by atoms with Gasteiger partial charge in [0.05, 0.1) is 31.0 Å². The van der Waals surface area contributed by atoms with Gasteiger partial charge in [-0.3, -0.25) is 0 Å². The Morgan fingerprint density at radius 2 is 1.84 bits per heavy atom. The molecule has 0 fully saturated rings. The first kappa shape index (κ1) is 13.8. The van der Waals surface area contributed by atoms with E-state index in [-0.39, 0.29) is 0 Å². The third-order valence-corrected chi connectivity index (χ3v) is 3.65. The third-order valence-electron chi connectivity index (χ3n) is 2.83. The van der Waals surface area contributed by atoms with Crippen LogP contribution in [0.5, 0.6) is 11.5 Å². The van der Waals surface area contributed by atoms with Gasteiger partial charge in [-0.05, 0) is 24.6 Å². The second-order valence-corrected chi connectivity index (χ2v) is 5.29. The molecule has 0 saturated heterocycles. The molecule has 0 amide bonds. The summed E-state index contributed by atoms with van der Waals surface area (Å²) in [4.78, 5) is 4.36. The molecule has 4 nitrogen and oxygen atoms in total. The summed E-state index contributed by atoms with van der Waals surface area (Å²) < 4.78 is 10.4. The molecule has 1 aromatic carbocycles.